The van der Waals surface area contributed by atoms with Crippen LogP contribution < -0.4 is 10.6 Å². The summed E-state index contributed by atoms with van der Waals surface area (Å²) in [7, 11) is 0. The molecule has 1 amide bonds. The molecule has 132 valence electrons. The lowest BCUT2D eigenvalue weighted by molar-refractivity contribution is -0.116. The molecule has 0 unspecified atom stereocenters. The summed E-state index contributed by atoms with van der Waals surface area (Å²) in [6, 6.07) is 6.25. The lowest BCUT2D eigenvalue weighted by Crippen LogP contribution is -2.60. The molecule has 1 heterocycles. The van der Waals surface area contributed by atoms with E-state index in [0.717, 1.165) is 40.2 Å². The van der Waals surface area contributed by atoms with Gasteiger partial charge in [0.25, 0.3) is 0 Å². The summed E-state index contributed by atoms with van der Waals surface area (Å²) in [6.07, 6.45) is 2.32. The van der Waals surface area contributed by atoms with Crippen LogP contribution >= 0.6 is 28.1 Å². The van der Waals surface area contributed by atoms with Crippen LogP contribution in [-0.4, -0.2) is 34.0 Å². The van der Waals surface area contributed by atoms with Gasteiger partial charge in [-0.05, 0) is 76.5 Å². The van der Waals surface area contributed by atoms with Crippen molar-refractivity contribution in [2.24, 2.45) is 0 Å². The van der Waals surface area contributed by atoms with Gasteiger partial charge in [-0.15, -0.1) is 0 Å². The van der Waals surface area contributed by atoms with Crippen molar-refractivity contribution in [3.8, 4) is 0 Å². The molecular weight excluding hydrogens is 386 g/mol. The fraction of sp³-hybridized carbons (Fsp3) is 0.556. The first-order valence-electron chi connectivity index (χ1n) is 8.33. The van der Waals surface area contributed by atoms with Crippen molar-refractivity contribution in [3.05, 3.63) is 28.2 Å². The number of hydrogen-bond acceptors (Lipinski definition) is 2. The van der Waals surface area contributed by atoms with E-state index in [2.05, 4.69) is 52.2 Å². The molecule has 0 spiro atoms. The van der Waals surface area contributed by atoms with E-state index in [1.165, 1.54) is 0 Å². The van der Waals surface area contributed by atoms with Crippen molar-refractivity contribution in [1.82, 2.24) is 10.2 Å². The van der Waals surface area contributed by atoms with Crippen LogP contribution in [0.25, 0.3) is 0 Å². The number of amides is 1. The van der Waals surface area contributed by atoms with Crippen molar-refractivity contribution in [3.63, 3.8) is 0 Å². The highest BCUT2D eigenvalue weighted by molar-refractivity contribution is 9.10. The first-order chi connectivity index (χ1) is 11.2. The number of rotatable bonds is 5. The van der Waals surface area contributed by atoms with E-state index in [-0.39, 0.29) is 11.4 Å². The summed E-state index contributed by atoms with van der Waals surface area (Å²) in [5.41, 5.74) is 1.96. The van der Waals surface area contributed by atoms with Gasteiger partial charge in [-0.2, -0.15) is 0 Å². The smallest absolute Gasteiger partial charge is 0.224 e. The van der Waals surface area contributed by atoms with Crippen LogP contribution in [-0.2, 0) is 4.79 Å². The molecular formula is C18H26BrN3OS. The van der Waals surface area contributed by atoms with Crippen LogP contribution in [0, 0.1) is 6.92 Å². The van der Waals surface area contributed by atoms with E-state index in [1.54, 1.807) is 0 Å². The molecule has 0 saturated carbocycles. The SMILES string of the molecule is Cc1cc(Br)ccc1NC(=O)CCCN1C(=S)NC(C)(C)C[C@@H]1C. The Labute approximate surface area is 158 Å². The van der Waals surface area contributed by atoms with E-state index in [1.807, 2.05) is 25.1 Å². The molecule has 0 aliphatic carbocycles. The fourth-order valence-corrected chi connectivity index (χ4v) is 4.20. The molecule has 0 bridgehead atoms. The molecule has 24 heavy (non-hydrogen) atoms. The Balaban J connectivity index is 1.81. The third-order valence-corrected chi connectivity index (χ3v) is 5.14. The first kappa shape index (κ1) is 19.2. The molecule has 1 aromatic carbocycles. The average Bonchev–Trinajstić information content (AvgIpc) is 2.44. The Morgan fingerprint density at radius 1 is 1.50 bits per heavy atom. The van der Waals surface area contributed by atoms with Crippen LogP contribution in [0.5, 0.6) is 0 Å². The van der Waals surface area contributed by atoms with Crippen LogP contribution in [0.3, 0.4) is 0 Å². The van der Waals surface area contributed by atoms with Gasteiger partial charge < -0.3 is 15.5 Å². The van der Waals surface area contributed by atoms with Gasteiger partial charge in [0, 0.05) is 34.7 Å². The number of carbonyl (C=O) groups excluding carboxylic acids is 1. The number of aryl methyl sites for hydroxylation is 1. The molecule has 6 heteroatoms. The van der Waals surface area contributed by atoms with E-state index in [4.69, 9.17) is 12.2 Å². The molecule has 1 aromatic rings. The zero-order valence-corrected chi connectivity index (χ0v) is 17.2. The van der Waals surface area contributed by atoms with Crippen LogP contribution in [0.15, 0.2) is 22.7 Å². The zero-order chi connectivity index (χ0) is 17.9. The normalized spacial score (nSPS) is 19.8. The zero-order valence-electron chi connectivity index (χ0n) is 14.8. The number of hydrogen-bond donors (Lipinski definition) is 2. The number of nitrogens with one attached hydrogen (secondary N) is 2. The maximum absolute atomic E-state index is 12.2. The van der Waals surface area contributed by atoms with Crippen LogP contribution in [0.4, 0.5) is 5.69 Å². The van der Waals surface area contributed by atoms with Gasteiger partial charge in [0.05, 0.1) is 0 Å². The molecule has 0 radical (unpaired) electrons. The highest BCUT2D eigenvalue weighted by Gasteiger charge is 2.32. The molecule has 0 aromatic heterocycles. The summed E-state index contributed by atoms with van der Waals surface area (Å²) in [5, 5.41) is 7.16. The quantitative estimate of drug-likeness (QED) is 0.711. The van der Waals surface area contributed by atoms with Gasteiger partial charge in [0.1, 0.15) is 0 Å². The highest BCUT2D eigenvalue weighted by atomic mass is 79.9. The van der Waals surface area contributed by atoms with Crippen molar-refractivity contribution in [2.75, 3.05) is 11.9 Å². The number of carbonyl (C=O) groups is 1. The Kier molecular flexibility index (Phi) is 6.26. The van der Waals surface area contributed by atoms with Gasteiger partial charge in [-0.3, -0.25) is 4.79 Å². The molecule has 1 aliphatic heterocycles. The van der Waals surface area contributed by atoms with Crippen LogP contribution in [0.1, 0.15) is 45.6 Å². The Bertz CT molecular complexity index is 633. The minimum Gasteiger partial charge on any atom is -0.358 e. The second kappa shape index (κ2) is 7.83. The minimum atomic E-state index is 0.0451. The largest absolute Gasteiger partial charge is 0.358 e. The molecule has 2 rings (SSSR count). The molecule has 1 atom stereocenters. The summed E-state index contributed by atoms with van der Waals surface area (Å²) in [6.45, 7) is 9.32. The van der Waals surface area contributed by atoms with E-state index >= 15 is 0 Å². The lowest BCUT2D eigenvalue weighted by Gasteiger charge is -2.44. The predicted octanol–water partition coefficient (Wildman–Crippen LogP) is 4.22. The number of nitrogens with zero attached hydrogens (tertiary/aromatic N) is 1. The summed E-state index contributed by atoms with van der Waals surface area (Å²) >= 11 is 8.91. The topological polar surface area (TPSA) is 44.4 Å². The van der Waals surface area contributed by atoms with Gasteiger partial charge in [0.2, 0.25) is 5.91 Å². The fourth-order valence-electron chi connectivity index (χ4n) is 3.17. The van der Waals surface area contributed by atoms with E-state index in [9.17, 15) is 4.79 Å². The molecule has 1 saturated heterocycles. The van der Waals surface area contributed by atoms with E-state index in [0.29, 0.717) is 12.5 Å². The maximum atomic E-state index is 12.2. The number of benzene rings is 1. The Morgan fingerprint density at radius 3 is 2.83 bits per heavy atom. The summed E-state index contributed by atoms with van der Waals surface area (Å²) in [5.74, 6) is 0.0456. The molecule has 1 fully saturated rings. The summed E-state index contributed by atoms with van der Waals surface area (Å²) in [4.78, 5) is 14.4. The van der Waals surface area contributed by atoms with Gasteiger partial charge in [-0.1, -0.05) is 15.9 Å². The van der Waals surface area contributed by atoms with Crippen molar-refractivity contribution < 1.29 is 4.79 Å². The minimum absolute atomic E-state index is 0.0451. The molecule has 4 nitrogen and oxygen atoms in total. The third-order valence-electron chi connectivity index (χ3n) is 4.31. The van der Waals surface area contributed by atoms with Gasteiger partial charge >= 0.3 is 0 Å². The molecule has 2 N–H and O–H groups in total. The predicted molar refractivity (Wildman–Crippen MR) is 107 cm³/mol. The average molecular weight is 412 g/mol. The number of halogens is 1. The van der Waals surface area contributed by atoms with Crippen molar-refractivity contribution in [1.29, 1.82) is 0 Å². The first-order valence-corrected chi connectivity index (χ1v) is 9.53. The van der Waals surface area contributed by atoms with Gasteiger partial charge in [0.15, 0.2) is 5.11 Å². The Hall–Kier alpha value is -1.14. The highest BCUT2D eigenvalue weighted by Crippen LogP contribution is 2.23. The van der Waals surface area contributed by atoms with E-state index < -0.39 is 0 Å². The monoisotopic (exact) mass is 411 g/mol. The van der Waals surface area contributed by atoms with Crippen molar-refractivity contribution >= 4 is 44.9 Å². The second-order valence-electron chi connectivity index (χ2n) is 7.17. The van der Waals surface area contributed by atoms with Crippen molar-refractivity contribution in [2.45, 2.75) is 58.5 Å². The maximum Gasteiger partial charge on any atom is 0.224 e. The second-order valence-corrected chi connectivity index (χ2v) is 8.47. The van der Waals surface area contributed by atoms with Gasteiger partial charge in [-0.25, -0.2) is 0 Å². The standard InChI is InChI=1S/C18H26BrN3OS/c1-12-10-14(19)7-8-15(12)20-16(23)6-5-9-22-13(2)11-18(3,4)21-17(22)24/h7-8,10,13H,5-6,9,11H2,1-4H3,(H,20,23)(H,21,24)/t13-/m0/s1. The number of anilines is 1. The summed E-state index contributed by atoms with van der Waals surface area (Å²) < 4.78 is 1.01. The Morgan fingerprint density at radius 2 is 2.21 bits per heavy atom. The van der Waals surface area contributed by atoms with Crippen LogP contribution in [0.2, 0.25) is 0 Å². The number of thiocarbonyl (C=S) groups is 1. The molecule has 1 aliphatic rings. The third kappa shape index (κ3) is 5.18. The lowest BCUT2D eigenvalue weighted by atomic mass is 9.93.